The van der Waals surface area contributed by atoms with Gasteiger partial charge >= 0.3 is 0 Å². The van der Waals surface area contributed by atoms with Crippen LogP contribution in [0.1, 0.15) is 17.1 Å². The van der Waals surface area contributed by atoms with Crippen LogP contribution in [0, 0.1) is 13.8 Å². The molecular weight excluding hydrogens is 216 g/mol. The molecule has 0 atom stereocenters. The maximum Gasteiger partial charge on any atom is 0.234 e. The Morgan fingerprint density at radius 3 is 2.82 bits per heavy atom. The molecule has 0 spiro atoms. The van der Waals surface area contributed by atoms with Gasteiger partial charge in [-0.25, -0.2) is 9.97 Å². The highest BCUT2D eigenvalue weighted by Gasteiger charge is 2.24. The normalized spacial score (nSPS) is 17.6. The van der Waals surface area contributed by atoms with Gasteiger partial charge in [-0.2, -0.15) is 0 Å². The quantitative estimate of drug-likeness (QED) is 0.820. The first kappa shape index (κ1) is 10.7. The fourth-order valence-electron chi connectivity index (χ4n) is 2.30. The highest BCUT2D eigenvalue weighted by molar-refractivity contribution is 5.34. The maximum absolute atomic E-state index is 9.24. The van der Waals surface area contributed by atoms with E-state index in [0.717, 1.165) is 42.5 Å². The lowest BCUT2D eigenvalue weighted by Gasteiger charge is -2.35. The number of imidazole rings is 1. The largest absolute Gasteiger partial charge is 0.390 e. The van der Waals surface area contributed by atoms with Crippen molar-refractivity contribution < 1.29 is 5.11 Å². The molecule has 0 amide bonds. The molecule has 0 saturated carbocycles. The first-order valence-electron chi connectivity index (χ1n) is 5.84. The summed E-state index contributed by atoms with van der Waals surface area (Å²) in [5, 5.41) is 9.24. The second-order valence-electron chi connectivity index (χ2n) is 4.79. The van der Waals surface area contributed by atoms with Crippen molar-refractivity contribution in [3.05, 3.63) is 29.3 Å². The molecule has 0 bridgehead atoms. The van der Waals surface area contributed by atoms with E-state index in [2.05, 4.69) is 21.8 Å². The van der Waals surface area contributed by atoms with E-state index >= 15 is 0 Å². The fraction of sp³-hybridized carbons (Fsp3) is 0.500. The molecule has 2 aromatic heterocycles. The molecule has 17 heavy (non-hydrogen) atoms. The Hall–Kier alpha value is -1.46. The molecule has 1 aliphatic rings. The van der Waals surface area contributed by atoms with Crippen LogP contribution in [0.15, 0.2) is 12.3 Å². The van der Waals surface area contributed by atoms with Gasteiger partial charge in [0, 0.05) is 37.2 Å². The molecule has 0 aliphatic carbocycles. The van der Waals surface area contributed by atoms with E-state index in [1.807, 2.05) is 23.6 Å². The Labute approximate surface area is 99.7 Å². The van der Waals surface area contributed by atoms with Gasteiger partial charge in [0.1, 0.15) is 0 Å². The molecule has 90 valence electrons. The average molecular weight is 232 g/mol. The van der Waals surface area contributed by atoms with E-state index in [9.17, 15) is 5.11 Å². The van der Waals surface area contributed by atoms with E-state index in [4.69, 9.17) is 0 Å². The smallest absolute Gasteiger partial charge is 0.234 e. The summed E-state index contributed by atoms with van der Waals surface area (Å²) < 4.78 is 2.01. The molecule has 5 heteroatoms. The van der Waals surface area contributed by atoms with Crippen molar-refractivity contribution >= 4 is 5.78 Å². The molecule has 1 N–H and O–H groups in total. The number of β-amino-alcohol motifs (C(OH)–C–C–N with tert-alkyl or cyclic N) is 1. The van der Waals surface area contributed by atoms with E-state index in [1.165, 1.54) is 0 Å². The van der Waals surface area contributed by atoms with Crippen LogP contribution < -0.4 is 0 Å². The maximum atomic E-state index is 9.24. The van der Waals surface area contributed by atoms with Crippen LogP contribution in [0.3, 0.4) is 0 Å². The molecule has 1 fully saturated rings. The van der Waals surface area contributed by atoms with Gasteiger partial charge in [-0.3, -0.25) is 9.30 Å². The van der Waals surface area contributed by atoms with Crippen LogP contribution >= 0.6 is 0 Å². The summed E-state index contributed by atoms with van der Waals surface area (Å²) in [7, 11) is 0. The third-order valence-corrected chi connectivity index (χ3v) is 3.13. The Balaban J connectivity index is 1.88. The minimum atomic E-state index is -0.158. The van der Waals surface area contributed by atoms with Crippen molar-refractivity contribution in [1.82, 2.24) is 19.3 Å². The van der Waals surface area contributed by atoms with Crippen molar-refractivity contribution in [1.29, 1.82) is 0 Å². The minimum absolute atomic E-state index is 0.158. The summed E-state index contributed by atoms with van der Waals surface area (Å²) in [4.78, 5) is 11.1. The molecule has 5 nitrogen and oxygen atoms in total. The number of fused-ring (bicyclic) bond motifs is 1. The van der Waals surface area contributed by atoms with Crippen molar-refractivity contribution in [2.75, 3.05) is 13.1 Å². The monoisotopic (exact) mass is 232 g/mol. The fourth-order valence-corrected chi connectivity index (χ4v) is 2.30. The summed E-state index contributed by atoms with van der Waals surface area (Å²) in [6, 6.07) is 2.05. The van der Waals surface area contributed by atoms with Crippen LogP contribution in [-0.2, 0) is 6.54 Å². The van der Waals surface area contributed by atoms with Gasteiger partial charge in [0.15, 0.2) is 0 Å². The van der Waals surface area contributed by atoms with Crippen LogP contribution in [0.25, 0.3) is 5.78 Å². The minimum Gasteiger partial charge on any atom is -0.390 e. The second-order valence-corrected chi connectivity index (χ2v) is 4.79. The Morgan fingerprint density at radius 2 is 2.12 bits per heavy atom. The van der Waals surface area contributed by atoms with Gasteiger partial charge in [-0.1, -0.05) is 0 Å². The average Bonchev–Trinajstić information content (AvgIpc) is 2.58. The van der Waals surface area contributed by atoms with Gasteiger partial charge < -0.3 is 5.11 Å². The lowest BCUT2D eigenvalue weighted by Crippen LogP contribution is -2.49. The van der Waals surface area contributed by atoms with E-state index < -0.39 is 0 Å². The Kier molecular flexibility index (Phi) is 2.38. The first-order chi connectivity index (χ1) is 8.11. The van der Waals surface area contributed by atoms with E-state index in [0.29, 0.717) is 0 Å². The van der Waals surface area contributed by atoms with E-state index in [-0.39, 0.29) is 6.10 Å². The predicted molar refractivity (Wildman–Crippen MR) is 63.7 cm³/mol. The zero-order valence-corrected chi connectivity index (χ0v) is 10.1. The number of hydrogen-bond acceptors (Lipinski definition) is 4. The first-order valence-corrected chi connectivity index (χ1v) is 5.84. The molecule has 1 saturated heterocycles. The number of hydrogen-bond donors (Lipinski definition) is 1. The van der Waals surface area contributed by atoms with Crippen molar-refractivity contribution in [2.24, 2.45) is 0 Å². The number of aliphatic hydroxyl groups is 1. The predicted octanol–water partition coefficient (Wildman–Crippen LogP) is 0.523. The van der Waals surface area contributed by atoms with Crippen molar-refractivity contribution in [2.45, 2.75) is 26.5 Å². The number of nitrogens with zero attached hydrogens (tertiary/aromatic N) is 4. The number of likely N-dealkylation sites (tertiary alicyclic amines) is 1. The van der Waals surface area contributed by atoms with Crippen LogP contribution in [0.4, 0.5) is 0 Å². The Morgan fingerprint density at radius 1 is 1.35 bits per heavy atom. The molecule has 2 aromatic rings. The summed E-state index contributed by atoms with van der Waals surface area (Å²) in [5.74, 6) is 0.763. The number of aliphatic hydroxyl groups excluding tert-OH is 1. The van der Waals surface area contributed by atoms with Gasteiger partial charge in [-0.05, 0) is 19.9 Å². The van der Waals surface area contributed by atoms with Crippen LogP contribution in [-0.4, -0.2) is 43.6 Å². The van der Waals surface area contributed by atoms with Crippen molar-refractivity contribution in [3.63, 3.8) is 0 Å². The zero-order chi connectivity index (χ0) is 12.0. The molecular formula is C12H16N4O. The molecule has 1 aliphatic heterocycles. The number of aromatic nitrogens is 3. The summed E-state index contributed by atoms with van der Waals surface area (Å²) in [6.45, 7) is 6.32. The van der Waals surface area contributed by atoms with Gasteiger partial charge in [0.25, 0.3) is 0 Å². The van der Waals surface area contributed by atoms with Crippen LogP contribution in [0.5, 0.6) is 0 Å². The van der Waals surface area contributed by atoms with Gasteiger partial charge in [0.2, 0.25) is 5.78 Å². The number of rotatable bonds is 2. The third-order valence-electron chi connectivity index (χ3n) is 3.13. The second kappa shape index (κ2) is 3.78. The number of aryl methyl sites for hydroxylation is 2. The third kappa shape index (κ3) is 1.92. The summed E-state index contributed by atoms with van der Waals surface area (Å²) in [5.41, 5.74) is 3.15. The summed E-state index contributed by atoms with van der Waals surface area (Å²) in [6.07, 6.45) is 1.87. The van der Waals surface area contributed by atoms with Gasteiger partial charge in [-0.15, -0.1) is 0 Å². The zero-order valence-electron chi connectivity index (χ0n) is 10.1. The SMILES string of the molecule is Cc1cc(C)n2cc(CN3CC(O)C3)nc2n1. The molecule has 0 radical (unpaired) electrons. The highest BCUT2D eigenvalue weighted by atomic mass is 16.3. The highest BCUT2D eigenvalue weighted by Crippen LogP contribution is 2.14. The molecule has 0 unspecified atom stereocenters. The van der Waals surface area contributed by atoms with Crippen molar-refractivity contribution in [3.8, 4) is 0 Å². The molecule has 3 heterocycles. The molecule has 0 aromatic carbocycles. The Bertz CT molecular complexity index is 557. The van der Waals surface area contributed by atoms with Gasteiger partial charge in [0.05, 0.1) is 11.8 Å². The molecule has 3 rings (SSSR count). The standard InChI is InChI=1S/C12H16N4O/c1-8-3-9(2)16-5-10(14-12(16)13-8)4-15-6-11(17)7-15/h3,5,11,17H,4,6-7H2,1-2H3. The summed E-state index contributed by atoms with van der Waals surface area (Å²) >= 11 is 0. The van der Waals surface area contributed by atoms with E-state index in [1.54, 1.807) is 0 Å². The lowest BCUT2D eigenvalue weighted by atomic mass is 10.1. The van der Waals surface area contributed by atoms with Crippen LogP contribution in [0.2, 0.25) is 0 Å². The topological polar surface area (TPSA) is 53.7 Å². The lowest BCUT2D eigenvalue weighted by molar-refractivity contribution is -0.00346.